The number of halogens is 1. The van der Waals surface area contributed by atoms with Crippen LogP contribution in [0.5, 0.6) is 11.8 Å². The summed E-state index contributed by atoms with van der Waals surface area (Å²) in [4.78, 5) is 17.0. The normalized spacial score (nSPS) is 14.9. The second-order valence-corrected chi connectivity index (χ2v) is 9.09. The summed E-state index contributed by atoms with van der Waals surface area (Å²) in [5.74, 6) is -0.353. The minimum Gasteiger partial charge on any atom is -0.610 e. The van der Waals surface area contributed by atoms with Gasteiger partial charge in [0.1, 0.15) is 6.20 Å². The molecule has 33 heavy (non-hydrogen) atoms. The minimum atomic E-state index is -1.53. The number of carbonyl (C=O) groups is 1. The minimum absolute atomic E-state index is 0.115. The second-order valence-electron chi connectivity index (χ2n) is 7.67. The van der Waals surface area contributed by atoms with E-state index < -0.39 is 23.0 Å². The Morgan fingerprint density at radius 3 is 3.00 bits per heavy atom. The molecule has 0 unspecified atom stereocenters. The number of hydrogen-bond acceptors (Lipinski definition) is 6. The molecule has 1 atom stereocenters. The molecule has 0 spiro atoms. The Hall–Kier alpha value is -3.31. The number of methoxy groups -OCH3 is 1. The number of aromatic nitrogens is 3. The fourth-order valence-corrected chi connectivity index (χ4v) is 4.94. The molecule has 0 radical (unpaired) electrons. The zero-order chi connectivity index (χ0) is 22.9. The van der Waals surface area contributed by atoms with E-state index in [1.54, 1.807) is 16.8 Å². The third-order valence-electron chi connectivity index (χ3n) is 5.76. The van der Waals surface area contributed by atoms with Gasteiger partial charge in [-0.1, -0.05) is 12.1 Å². The zero-order valence-electron chi connectivity index (χ0n) is 17.9. The number of urea groups is 1. The monoisotopic (exact) mass is 471 g/mol. The molecule has 5 rings (SSSR count). The van der Waals surface area contributed by atoms with Crippen molar-refractivity contribution in [1.82, 2.24) is 20.1 Å². The van der Waals surface area contributed by atoms with E-state index in [9.17, 15) is 13.7 Å². The molecule has 9 nitrogen and oxygen atoms in total. The van der Waals surface area contributed by atoms with Crippen LogP contribution in [0.2, 0.25) is 0 Å². The van der Waals surface area contributed by atoms with Gasteiger partial charge in [-0.2, -0.15) is 5.10 Å². The van der Waals surface area contributed by atoms with E-state index in [4.69, 9.17) is 9.47 Å². The number of fused-ring (bicyclic) bond motifs is 2. The van der Waals surface area contributed by atoms with Crippen molar-refractivity contribution in [3.05, 3.63) is 47.5 Å². The number of nitrogens with zero attached hydrogens (tertiary/aromatic N) is 3. The molecule has 0 saturated heterocycles. The highest BCUT2D eigenvalue weighted by atomic mass is 32.2. The Labute approximate surface area is 192 Å². The Bertz CT molecular complexity index is 1220. The highest BCUT2D eigenvalue weighted by molar-refractivity contribution is 7.91. The Morgan fingerprint density at radius 2 is 2.21 bits per heavy atom. The van der Waals surface area contributed by atoms with Gasteiger partial charge < -0.3 is 19.3 Å². The predicted octanol–water partition coefficient (Wildman–Crippen LogP) is 2.86. The first kappa shape index (κ1) is 21.5. The summed E-state index contributed by atoms with van der Waals surface area (Å²) in [6.45, 7) is 1.25. The molecule has 0 bridgehead atoms. The van der Waals surface area contributed by atoms with Gasteiger partial charge in [-0.15, -0.1) is 0 Å². The number of anilines is 1. The highest BCUT2D eigenvalue weighted by Crippen LogP contribution is 2.40. The van der Waals surface area contributed by atoms with Crippen molar-refractivity contribution in [3.63, 3.8) is 0 Å². The maximum atomic E-state index is 14.9. The van der Waals surface area contributed by atoms with Crippen molar-refractivity contribution in [2.24, 2.45) is 0 Å². The van der Waals surface area contributed by atoms with Crippen LogP contribution in [0, 0.1) is 5.82 Å². The second kappa shape index (κ2) is 8.91. The number of nitrogens with one attached hydrogen (secondary N) is 2. The third kappa shape index (κ3) is 3.98. The smallest absolute Gasteiger partial charge is 0.322 e. The zero-order valence-corrected chi connectivity index (χ0v) is 18.7. The molecule has 3 aromatic rings. The number of ether oxygens (including phenoxy) is 2. The summed E-state index contributed by atoms with van der Waals surface area (Å²) in [5.41, 5.74) is 3.39. The van der Waals surface area contributed by atoms with Crippen LogP contribution in [-0.4, -0.2) is 44.9 Å². The van der Waals surface area contributed by atoms with Gasteiger partial charge in [-0.25, -0.2) is 18.9 Å². The van der Waals surface area contributed by atoms with Gasteiger partial charge in [0.25, 0.3) is 11.8 Å². The number of rotatable bonds is 6. The summed E-state index contributed by atoms with van der Waals surface area (Å²) in [6, 6.07) is 4.72. The van der Waals surface area contributed by atoms with E-state index in [1.807, 2.05) is 6.07 Å². The molecule has 1 aliphatic heterocycles. The van der Waals surface area contributed by atoms with E-state index >= 15 is 0 Å². The average molecular weight is 472 g/mol. The maximum absolute atomic E-state index is 14.9. The molecule has 1 aromatic carbocycles. The first-order valence-corrected chi connectivity index (χ1v) is 11.8. The molecule has 0 fully saturated rings. The van der Waals surface area contributed by atoms with E-state index in [0.717, 1.165) is 30.4 Å². The van der Waals surface area contributed by atoms with Crippen LogP contribution in [0.25, 0.3) is 11.1 Å². The first-order chi connectivity index (χ1) is 16.1. The lowest BCUT2D eigenvalue weighted by Crippen LogP contribution is -2.34. The lowest BCUT2D eigenvalue weighted by atomic mass is 9.84. The first-order valence-electron chi connectivity index (χ1n) is 10.5. The molecule has 2 aromatic heterocycles. The summed E-state index contributed by atoms with van der Waals surface area (Å²) in [5, 5.41) is 9.66. The summed E-state index contributed by atoms with van der Waals surface area (Å²) in [7, 11) is 1.35. The summed E-state index contributed by atoms with van der Waals surface area (Å²) in [6.07, 6.45) is 5.47. The fourth-order valence-electron chi connectivity index (χ4n) is 4.00. The van der Waals surface area contributed by atoms with E-state index in [2.05, 4.69) is 20.7 Å². The van der Waals surface area contributed by atoms with Crippen molar-refractivity contribution < 1.29 is 23.2 Å². The molecule has 2 N–H and O–H groups in total. The van der Waals surface area contributed by atoms with E-state index in [1.165, 1.54) is 19.5 Å². The van der Waals surface area contributed by atoms with E-state index in [-0.39, 0.29) is 17.3 Å². The van der Waals surface area contributed by atoms with Gasteiger partial charge in [0.2, 0.25) is 4.90 Å². The van der Waals surface area contributed by atoms with Crippen LogP contribution < -0.4 is 20.1 Å². The molecular weight excluding hydrogens is 449 g/mol. The SMILES string of the molecule is COc1nccc(-c2ccc3c(c2NC(=O)NC[S@@+]([O-])c2cnn4c2OCCC4)CC3)c1F. The van der Waals surface area contributed by atoms with Gasteiger partial charge in [0.05, 0.1) is 19.4 Å². The Balaban J connectivity index is 1.34. The standard InChI is InChI=1S/C22H22FN5O4S/c1-31-20-18(23)15(7-8-24-20)16-6-4-13-3-5-14(13)19(16)27-22(29)25-12-33(30)17-11-26-28-9-2-10-32-21(17)28/h4,6-8,11H,2-3,5,9-10,12H2,1H3,(H2,25,27,29)/t33-/m1/s1. The van der Waals surface area contributed by atoms with Crippen LogP contribution in [0.15, 0.2) is 35.5 Å². The van der Waals surface area contributed by atoms with Crippen molar-refractivity contribution in [1.29, 1.82) is 0 Å². The lowest BCUT2D eigenvalue weighted by Gasteiger charge is -2.26. The highest BCUT2D eigenvalue weighted by Gasteiger charge is 2.27. The molecule has 172 valence electrons. The fraction of sp³-hybridized carbons (Fsp3) is 0.318. The van der Waals surface area contributed by atoms with Crippen molar-refractivity contribution in [3.8, 4) is 22.9 Å². The predicted molar refractivity (Wildman–Crippen MR) is 119 cm³/mol. The molecule has 3 heterocycles. The van der Waals surface area contributed by atoms with Gasteiger partial charge in [0, 0.05) is 41.5 Å². The molecule has 11 heteroatoms. The Morgan fingerprint density at radius 1 is 1.33 bits per heavy atom. The van der Waals surface area contributed by atoms with Crippen LogP contribution in [0.4, 0.5) is 14.9 Å². The molecular formula is C22H22FN5O4S. The van der Waals surface area contributed by atoms with Gasteiger partial charge >= 0.3 is 6.03 Å². The third-order valence-corrected chi connectivity index (χ3v) is 6.93. The molecule has 2 amide bonds. The van der Waals surface area contributed by atoms with Gasteiger partial charge in [-0.3, -0.25) is 5.32 Å². The van der Waals surface area contributed by atoms with Crippen molar-refractivity contribution in [2.45, 2.75) is 30.7 Å². The number of aryl methyl sites for hydroxylation is 2. The largest absolute Gasteiger partial charge is 0.610 e. The lowest BCUT2D eigenvalue weighted by molar-refractivity contribution is 0.224. The number of carbonyl (C=O) groups excluding carboxylic acids is 1. The molecule has 2 aliphatic rings. The number of benzene rings is 1. The quantitative estimate of drug-likeness (QED) is 0.535. The topological polar surface area (TPSA) is 113 Å². The van der Waals surface area contributed by atoms with Crippen LogP contribution in [0.1, 0.15) is 17.5 Å². The summed E-state index contributed by atoms with van der Waals surface area (Å²) < 4.78 is 39.9. The van der Waals surface area contributed by atoms with Gasteiger partial charge in [-0.05, 0) is 30.0 Å². The van der Waals surface area contributed by atoms with Crippen LogP contribution >= 0.6 is 0 Å². The summed E-state index contributed by atoms with van der Waals surface area (Å²) >= 11 is -1.53. The van der Waals surface area contributed by atoms with Crippen LogP contribution in [-0.2, 0) is 30.6 Å². The number of hydrogen-bond donors (Lipinski definition) is 2. The van der Waals surface area contributed by atoms with Crippen molar-refractivity contribution >= 4 is 22.9 Å². The van der Waals surface area contributed by atoms with E-state index in [0.29, 0.717) is 35.2 Å². The average Bonchev–Trinajstić information content (AvgIpc) is 3.23. The van der Waals surface area contributed by atoms with Gasteiger partial charge in [0.15, 0.2) is 11.7 Å². The maximum Gasteiger partial charge on any atom is 0.322 e. The number of pyridine rings is 1. The van der Waals surface area contributed by atoms with Crippen molar-refractivity contribution in [2.75, 3.05) is 24.9 Å². The molecule has 0 saturated carbocycles. The van der Waals surface area contributed by atoms with Crippen LogP contribution in [0.3, 0.4) is 0 Å². The molecule has 1 aliphatic carbocycles. The number of amides is 2. The Kier molecular flexibility index (Phi) is 5.81.